The number of anilines is 1. The largest absolute Gasteiger partial charge is 0.463 e. The average Bonchev–Trinajstić information content (AvgIpc) is 3.22. The van der Waals surface area contributed by atoms with E-state index < -0.39 is 29.9 Å². The molecule has 0 bridgehead atoms. The molecule has 14 nitrogen and oxygen atoms in total. The highest BCUT2D eigenvalue weighted by Crippen LogP contribution is 2.19. The Bertz CT molecular complexity index is 1170. The quantitative estimate of drug-likeness (QED) is 0.0868. The topological polar surface area (TPSA) is 206 Å². The molecule has 1 aliphatic heterocycles. The van der Waals surface area contributed by atoms with Gasteiger partial charge in [-0.25, -0.2) is 4.79 Å². The van der Waals surface area contributed by atoms with Crippen molar-refractivity contribution in [2.24, 2.45) is 17.6 Å². The van der Waals surface area contributed by atoms with Crippen molar-refractivity contribution < 1.29 is 38.3 Å². The molecule has 1 heterocycles. The number of amides is 7. The maximum Gasteiger partial charge on any atom is 0.312 e. The fourth-order valence-corrected chi connectivity index (χ4v) is 4.69. The maximum atomic E-state index is 13.3. The summed E-state index contributed by atoms with van der Waals surface area (Å²) in [6.45, 7) is 6.24. The van der Waals surface area contributed by atoms with Gasteiger partial charge in [-0.1, -0.05) is 39.3 Å². The van der Waals surface area contributed by atoms with Crippen LogP contribution in [-0.2, 0) is 40.1 Å². The number of unbranched alkanes of at least 4 members (excludes halogenated alkanes) is 2. The maximum absolute atomic E-state index is 13.3. The smallest absolute Gasteiger partial charge is 0.312 e. The second kappa shape index (κ2) is 18.2. The third kappa shape index (κ3) is 12.0. The van der Waals surface area contributed by atoms with Gasteiger partial charge in [-0.3, -0.25) is 33.7 Å². The molecule has 0 radical (unpaired) electrons. The van der Waals surface area contributed by atoms with Crippen LogP contribution in [-0.4, -0.2) is 72.1 Å². The number of nitrogens with two attached hydrogens (primary N) is 1. The molecule has 14 heteroatoms. The second-order valence-corrected chi connectivity index (χ2v) is 11.2. The fraction of sp³-hybridized carbons (Fsp3) is 0.567. The summed E-state index contributed by atoms with van der Waals surface area (Å²) in [4.78, 5) is 85.8. The summed E-state index contributed by atoms with van der Waals surface area (Å²) in [6.07, 6.45) is 2.65. The molecule has 7 amide bonds. The predicted molar refractivity (Wildman–Crippen MR) is 160 cm³/mol. The monoisotopic (exact) mass is 616 g/mol. The Labute approximate surface area is 257 Å². The Balaban J connectivity index is 1.93. The fourth-order valence-electron chi connectivity index (χ4n) is 4.69. The SMILES string of the molecule is CC1CC(=O)N(CCCCCC(=O)N[C@H](C(=O)N[C@@H](CCCNC(N)=O)C(=O)Nc2ccc(COC=O)cc2)C(C)C)C1=O. The zero-order valence-electron chi connectivity index (χ0n) is 25.6. The summed E-state index contributed by atoms with van der Waals surface area (Å²) in [7, 11) is 0. The minimum atomic E-state index is -0.980. The lowest BCUT2D eigenvalue weighted by atomic mass is 10.0. The van der Waals surface area contributed by atoms with E-state index in [9.17, 15) is 33.6 Å². The van der Waals surface area contributed by atoms with Crippen molar-refractivity contribution in [2.75, 3.05) is 18.4 Å². The summed E-state index contributed by atoms with van der Waals surface area (Å²) in [5.74, 6) is -2.24. The molecule has 1 saturated heterocycles. The minimum absolute atomic E-state index is 0.0888. The van der Waals surface area contributed by atoms with Gasteiger partial charge >= 0.3 is 6.03 Å². The van der Waals surface area contributed by atoms with Gasteiger partial charge in [-0.05, 0) is 49.3 Å². The van der Waals surface area contributed by atoms with Crippen LogP contribution in [0.25, 0.3) is 0 Å². The number of urea groups is 1. The number of likely N-dealkylation sites (tertiary alicyclic amines) is 1. The van der Waals surface area contributed by atoms with Crippen molar-refractivity contribution in [3.63, 3.8) is 0 Å². The minimum Gasteiger partial charge on any atom is -0.463 e. The number of hydrogen-bond donors (Lipinski definition) is 5. The normalized spacial score (nSPS) is 15.8. The molecule has 44 heavy (non-hydrogen) atoms. The molecule has 242 valence electrons. The Hall–Kier alpha value is -4.49. The molecule has 0 saturated carbocycles. The molecule has 2 rings (SSSR count). The summed E-state index contributed by atoms with van der Waals surface area (Å²) in [6, 6.07) is 4.04. The molecule has 1 aromatic carbocycles. The van der Waals surface area contributed by atoms with Crippen LogP contribution >= 0.6 is 0 Å². The number of benzene rings is 1. The zero-order chi connectivity index (χ0) is 32.6. The van der Waals surface area contributed by atoms with Crippen LogP contribution in [0.4, 0.5) is 10.5 Å². The van der Waals surface area contributed by atoms with Gasteiger partial charge < -0.3 is 31.7 Å². The number of carbonyl (C=O) groups is 7. The number of ether oxygens (including phenoxy) is 1. The van der Waals surface area contributed by atoms with E-state index in [1.807, 2.05) is 0 Å². The number of rotatable bonds is 19. The van der Waals surface area contributed by atoms with Gasteiger partial charge in [0, 0.05) is 37.5 Å². The number of hydrogen-bond acceptors (Lipinski definition) is 8. The Morgan fingerprint density at radius 2 is 1.73 bits per heavy atom. The van der Waals surface area contributed by atoms with Crippen molar-refractivity contribution in [2.45, 2.75) is 84.4 Å². The van der Waals surface area contributed by atoms with Crippen molar-refractivity contribution in [1.82, 2.24) is 20.9 Å². The lowest BCUT2D eigenvalue weighted by Crippen LogP contribution is -2.54. The first kappa shape index (κ1) is 35.7. The molecule has 1 aliphatic rings. The summed E-state index contributed by atoms with van der Waals surface area (Å²) in [5, 5.41) is 10.7. The molecule has 0 spiro atoms. The van der Waals surface area contributed by atoms with E-state index in [1.54, 1.807) is 45.0 Å². The highest BCUT2D eigenvalue weighted by Gasteiger charge is 2.35. The van der Waals surface area contributed by atoms with E-state index in [4.69, 9.17) is 10.5 Å². The molecule has 0 aromatic heterocycles. The van der Waals surface area contributed by atoms with Crippen molar-refractivity contribution >= 4 is 47.7 Å². The second-order valence-electron chi connectivity index (χ2n) is 11.2. The summed E-state index contributed by atoms with van der Waals surface area (Å²) < 4.78 is 4.72. The number of nitrogens with one attached hydrogen (secondary N) is 4. The molecule has 0 aliphatic carbocycles. The van der Waals surface area contributed by atoms with Crippen molar-refractivity contribution in [3.05, 3.63) is 29.8 Å². The molecule has 3 atom stereocenters. The van der Waals surface area contributed by atoms with Gasteiger partial charge in [0.15, 0.2) is 0 Å². The molecule has 1 fully saturated rings. The third-order valence-electron chi connectivity index (χ3n) is 7.16. The van der Waals surface area contributed by atoms with E-state index in [0.29, 0.717) is 44.4 Å². The standard InChI is InChI=1S/C30H44N6O8/c1-19(2)26(35-24(38)9-5-4-6-15-36-25(39)16-20(3)29(36)42)28(41)34-23(8-7-14-32-30(31)43)27(40)33-22-12-10-21(11-13-22)17-44-18-37/h10-13,18-20,23,26H,4-9,14-17H2,1-3H3,(H,33,40)(H,34,41)(H,35,38)(H3,31,32,43)/t20?,23-,26-/m0/s1. The molecular formula is C30H44N6O8. The number of primary amides is 1. The summed E-state index contributed by atoms with van der Waals surface area (Å²) in [5.41, 5.74) is 6.29. The van der Waals surface area contributed by atoms with E-state index in [1.165, 1.54) is 4.90 Å². The van der Waals surface area contributed by atoms with Gasteiger partial charge in [0.25, 0.3) is 6.47 Å². The van der Waals surface area contributed by atoms with Gasteiger partial charge in [-0.2, -0.15) is 0 Å². The van der Waals surface area contributed by atoms with E-state index in [0.717, 1.165) is 5.56 Å². The third-order valence-corrected chi connectivity index (χ3v) is 7.16. The lowest BCUT2D eigenvalue weighted by molar-refractivity contribution is -0.139. The Kier molecular flexibility index (Phi) is 14.8. The van der Waals surface area contributed by atoms with Gasteiger partial charge in [0.1, 0.15) is 18.7 Å². The molecular weight excluding hydrogens is 572 g/mol. The first-order chi connectivity index (χ1) is 20.9. The molecule has 1 unspecified atom stereocenters. The Morgan fingerprint density at radius 1 is 1.02 bits per heavy atom. The van der Waals surface area contributed by atoms with Gasteiger partial charge in [0.05, 0.1) is 0 Å². The van der Waals surface area contributed by atoms with Crippen LogP contribution in [0.5, 0.6) is 0 Å². The molecule has 6 N–H and O–H groups in total. The van der Waals surface area contributed by atoms with E-state index in [-0.39, 0.29) is 62.0 Å². The first-order valence-corrected chi connectivity index (χ1v) is 14.8. The van der Waals surface area contributed by atoms with Crippen LogP contribution < -0.4 is 27.0 Å². The number of carbonyl (C=O) groups excluding carboxylic acids is 7. The van der Waals surface area contributed by atoms with Crippen molar-refractivity contribution in [1.29, 1.82) is 0 Å². The highest BCUT2D eigenvalue weighted by atomic mass is 16.5. The van der Waals surface area contributed by atoms with E-state index >= 15 is 0 Å². The number of nitrogens with zero attached hydrogens (tertiary/aromatic N) is 1. The molecule has 1 aromatic rings. The predicted octanol–water partition coefficient (Wildman–Crippen LogP) is 1.33. The first-order valence-electron chi connectivity index (χ1n) is 14.8. The zero-order valence-corrected chi connectivity index (χ0v) is 25.6. The van der Waals surface area contributed by atoms with Crippen LogP contribution in [0.2, 0.25) is 0 Å². The van der Waals surface area contributed by atoms with E-state index in [2.05, 4.69) is 21.3 Å². The van der Waals surface area contributed by atoms with Gasteiger partial charge in [0.2, 0.25) is 29.5 Å². The number of imide groups is 1. The van der Waals surface area contributed by atoms with Gasteiger partial charge in [-0.15, -0.1) is 0 Å². The summed E-state index contributed by atoms with van der Waals surface area (Å²) >= 11 is 0. The average molecular weight is 617 g/mol. The lowest BCUT2D eigenvalue weighted by Gasteiger charge is -2.25. The highest BCUT2D eigenvalue weighted by molar-refractivity contribution is 6.03. The van der Waals surface area contributed by atoms with Crippen LogP contribution in [0.3, 0.4) is 0 Å². The van der Waals surface area contributed by atoms with Crippen LogP contribution in [0.1, 0.15) is 71.3 Å². The van der Waals surface area contributed by atoms with Crippen molar-refractivity contribution in [3.8, 4) is 0 Å². The Morgan fingerprint density at radius 3 is 2.32 bits per heavy atom. The van der Waals surface area contributed by atoms with Crippen LogP contribution in [0.15, 0.2) is 24.3 Å². The van der Waals surface area contributed by atoms with Crippen LogP contribution in [0, 0.1) is 11.8 Å².